The second-order valence-electron chi connectivity index (χ2n) is 3.63. The number of benzene rings is 1. The van der Waals surface area contributed by atoms with Gasteiger partial charge in [-0.3, -0.25) is 0 Å². The van der Waals surface area contributed by atoms with E-state index < -0.39 is 0 Å². The van der Waals surface area contributed by atoms with E-state index in [0.717, 1.165) is 6.54 Å². The molecule has 82 valence electrons. The number of halogens is 2. The van der Waals surface area contributed by atoms with Crippen LogP contribution in [0.5, 0.6) is 5.75 Å². The minimum Gasteiger partial charge on any atom is -0.491 e. The lowest BCUT2D eigenvalue weighted by atomic mass is 10.3. The first-order valence-electron chi connectivity index (χ1n) is 5.07. The molecule has 1 aromatic carbocycles. The van der Waals surface area contributed by atoms with Crippen molar-refractivity contribution in [3.63, 3.8) is 0 Å². The zero-order chi connectivity index (χ0) is 10.7. The summed E-state index contributed by atoms with van der Waals surface area (Å²) in [6.45, 7) is 1.48. The maximum Gasteiger partial charge on any atom is 0.139 e. The lowest BCUT2D eigenvalue weighted by Gasteiger charge is -2.09. The highest BCUT2D eigenvalue weighted by atomic mass is 35.5. The maximum atomic E-state index is 5.97. The molecule has 0 spiro atoms. The van der Waals surface area contributed by atoms with Gasteiger partial charge in [-0.05, 0) is 25.0 Å². The number of hydrogen-bond donors (Lipinski definition) is 1. The molecule has 0 aromatic heterocycles. The van der Waals surface area contributed by atoms with Crippen LogP contribution in [0.3, 0.4) is 0 Å². The summed E-state index contributed by atoms with van der Waals surface area (Å²) in [4.78, 5) is 0. The van der Waals surface area contributed by atoms with Gasteiger partial charge < -0.3 is 10.1 Å². The summed E-state index contributed by atoms with van der Waals surface area (Å²) in [5, 5.41) is 4.38. The van der Waals surface area contributed by atoms with Crippen molar-refractivity contribution in [2.75, 3.05) is 13.2 Å². The molecule has 4 heteroatoms. The van der Waals surface area contributed by atoms with E-state index in [1.54, 1.807) is 6.07 Å². The van der Waals surface area contributed by atoms with Gasteiger partial charge in [0.2, 0.25) is 0 Å². The van der Waals surface area contributed by atoms with Crippen molar-refractivity contribution in [2.45, 2.75) is 18.9 Å². The standard InChI is InChI=1S/C11H13Cl2NO/c12-9-2-1-3-10(11(9)13)15-7-6-14-8-4-5-8/h1-3,8,14H,4-7H2. The highest BCUT2D eigenvalue weighted by Gasteiger charge is 2.19. The summed E-state index contributed by atoms with van der Waals surface area (Å²) in [5.74, 6) is 0.654. The Bertz CT molecular complexity index is 339. The van der Waals surface area contributed by atoms with Gasteiger partial charge in [0.05, 0.1) is 5.02 Å². The first kappa shape index (κ1) is 11.1. The normalized spacial score (nSPS) is 15.3. The Morgan fingerprint density at radius 3 is 2.87 bits per heavy atom. The van der Waals surface area contributed by atoms with E-state index in [1.165, 1.54) is 12.8 Å². The number of nitrogens with one attached hydrogen (secondary N) is 1. The van der Waals surface area contributed by atoms with Crippen molar-refractivity contribution < 1.29 is 4.74 Å². The summed E-state index contributed by atoms with van der Waals surface area (Å²) in [6.07, 6.45) is 2.58. The lowest BCUT2D eigenvalue weighted by molar-refractivity contribution is 0.313. The van der Waals surface area contributed by atoms with E-state index in [0.29, 0.717) is 28.4 Å². The minimum atomic E-state index is 0.491. The zero-order valence-electron chi connectivity index (χ0n) is 8.30. The van der Waals surface area contributed by atoms with E-state index in [-0.39, 0.29) is 0 Å². The van der Waals surface area contributed by atoms with E-state index >= 15 is 0 Å². The molecule has 2 nitrogen and oxygen atoms in total. The predicted molar refractivity (Wildman–Crippen MR) is 63.0 cm³/mol. The van der Waals surface area contributed by atoms with Gasteiger partial charge in [0.15, 0.2) is 0 Å². The van der Waals surface area contributed by atoms with Gasteiger partial charge in [-0.15, -0.1) is 0 Å². The van der Waals surface area contributed by atoms with Crippen LogP contribution in [0, 0.1) is 0 Å². The Kier molecular flexibility index (Phi) is 3.73. The van der Waals surface area contributed by atoms with Crippen molar-refractivity contribution >= 4 is 23.2 Å². The molecule has 1 fully saturated rings. The number of ether oxygens (including phenoxy) is 1. The van der Waals surface area contributed by atoms with Crippen LogP contribution in [-0.2, 0) is 0 Å². The second kappa shape index (κ2) is 5.06. The van der Waals surface area contributed by atoms with Crippen LogP contribution >= 0.6 is 23.2 Å². The third-order valence-electron chi connectivity index (χ3n) is 2.29. The van der Waals surface area contributed by atoms with Crippen molar-refractivity contribution in [3.8, 4) is 5.75 Å². The van der Waals surface area contributed by atoms with Crippen LogP contribution < -0.4 is 10.1 Å². The molecule has 0 amide bonds. The number of hydrogen-bond acceptors (Lipinski definition) is 2. The summed E-state index contributed by atoms with van der Waals surface area (Å²) < 4.78 is 5.52. The fraction of sp³-hybridized carbons (Fsp3) is 0.455. The van der Waals surface area contributed by atoms with Crippen LogP contribution in [0.1, 0.15) is 12.8 Å². The smallest absolute Gasteiger partial charge is 0.139 e. The third-order valence-corrected chi connectivity index (χ3v) is 3.09. The van der Waals surface area contributed by atoms with Crippen molar-refractivity contribution in [2.24, 2.45) is 0 Å². The Morgan fingerprint density at radius 1 is 1.33 bits per heavy atom. The average Bonchev–Trinajstić information content (AvgIpc) is 3.02. The topological polar surface area (TPSA) is 21.3 Å². The molecule has 1 aliphatic rings. The molecule has 1 aliphatic carbocycles. The van der Waals surface area contributed by atoms with E-state index in [9.17, 15) is 0 Å². The van der Waals surface area contributed by atoms with Crippen molar-refractivity contribution in [1.29, 1.82) is 0 Å². The lowest BCUT2D eigenvalue weighted by Crippen LogP contribution is -2.22. The van der Waals surface area contributed by atoms with E-state index in [4.69, 9.17) is 27.9 Å². The van der Waals surface area contributed by atoms with Gasteiger partial charge in [0.25, 0.3) is 0 Å². The van der Waals surface area contributed by atoms with Gasteiger partial charge in [-0.1, -0.05) is 29.3 Å². The molecule has 0 heterocycles. The molecular weight excluding hydrogens is 233 g/mol. The molecule has 0 bridgehead atoms. The van der Waals surface area contributed by atoms with Crippen LogP contribution in [0.15, 0.2) is 18.2 Å². The van der Waals surface area contributed by atoms with E-state index in [2.05, 4.69) is 5.32 Å². The Labute approximate surface area is 99.5 Å². The Hall–Kier alpha value is -0.440. The molecule has 0 atom stereocenters. The van der Waals surface area contributed by atoms with Crippen molar-refractivity contribution in [3.05, 3.63) is 28.2 Å². The monoisotopic (exact) mass is 245 g/mol. The third kappa shape index (κ3) is 3.26. The van der Waals surface area contributed by atoms with E-state index in [1.807, 2.05) is 12.1 Å². The summed E-state index contributed by atoms with van der Waals surface area (Å²) in [6, 6.07) is 6.12. The zero-order valence-corrected chi connectivity index (χ0v) is 9.81. The van der Waals surface area contributed by atoms with Gasteiger partial charge in [-0.2, -0.15) is 0 Å². The SMILES string of the molecule is Clc1cccc(OCCNC2CC2)c1Cl. The highest BCUT2D eigenvalue weighted by Crippen LogP contribution is 2.31. The summed E-state index contributed by atoms with van der Waals surface area (Å²) in [7, 11) is 0. The fourth-order valence-corrected chi connectivity index (χ4v) is 1.65. The number of rotatable bonds is 5. The first-order chi connectivity index (χ1) is 7.27. The molecule has 1 N–H and O–H groups in total. The molecule has 0 unspecified atom stereocenters. The molecule has 1 saturated carbocycles. The quantitative estimate of drug-likeness (QED) is 0.806. The molecule has 1 aromatic rings. The van der Waals surface area contributed by atoms with Gasteiger partial charge in [-0.25, -0.2) is 0 Å². The maximum absolute atomic E-state index is 5.97. The average molecular weight is 246 g/mol. The van der Waals surface area contributed by atoms with Gasteiger partial charge in [0.1, 0.15) is 17.4 Å². The van der Waals surface area contributed by atoms with Crippen LogP contribution in [-0.4, -0.2) is 19.2 Å². The first-order valence-corrected chi connectivity index (χ1v) is 5.83. The predicted octanol–water partition coefficient (Wildman–Crippen LogP) is 3.12. The van der Waals surface area contributed by atoms with Gasteiger partial charge in [0, 0.05) is 12.6 Å². The molecule has 0 aliphatic heterocycles. The van der Waals surface area contributed by atoms with Crippen LogP contribution in [0.25, 0.3) is 0 Å². The summed E-state index contributed by atoms with van der Waals surface area (Å²) in [5.41, 5.74) is 0. The largest absolute Gasteiger partial charge is 0.491 e. The fourth-order valence-electron chi connectivity index (χ4n) is 1.31. The Morgan fingerprint density at radius 2 is 2.13 bits per heavy atom. The molecule has 2 rings (SSSR count). The molecule has 0 saturated heterocycles. The minimum absolute atomic E-state index is 0.491. The van der Waals surface area contributed by atoms with Crippen molar-refractivity contribution in [1.82, 2.24) is 5.32 Å². The molecule has 15 heavy (non-hydrogen) atoms. The highest BCUT2D eigenvalue weighted by molar-refractivity contribution is 6.42. The van der Waals surface area contributed by atoms with Gasteiger partial charge >= 0.3 is 0 Å². The summed E-state index contributed by atoms with van der Waals surface area (Å²) >= 11 is 11.8. The second-order valence-corrected chi connectivity index (χ2v) is 4.41. The molecular formula is C11H13Cl2NO. The van der Waals surface area contributed by atoms with Crippen LogP contribution in [0.4, 0.5) is 0 Å². The van der Waals surface area contributed by atoms with Crippen LogP contribution in [0.2, 0.25) is 10.0 Å². The Balaban J connectivity index is 1.78. The molecule has 0 radical (unpaired) electrons.